The molecule has 0 saturated heterocycles. The number of benzene rings is 2. The van der Waals surface area contributed by atoms with Gasteiger partial charge < -0.3 is 32.1 Å². The Kier molecular flexibility index (Phi) is 14.7. The molecule has 0 radical (unpaired) electrons. The molecule has 39 heavy (non-hydrogen) atoms. The number of carbonyl (C=O) groups excluding carboxylic acids is 3. The number of hydrogen-bond donors (Lipinski definition) is 6. The smallest absolute Gasteiger partial charge is 0.404 e. The average Bonchev–Trinajstić information content (AvgIpc) is 2.93. The normalized spacial score (nSPS) is 12.1. The maximum absolute atomic E-state index is 13.4. The summed E-state index contributed by atoms with van der Waals surface area (Å²) in [4.78, 5) is 49.8. The Morgan fingerprint density at radius 2 is 1.18 bits per heavy atom. The summed E-state index contributed by atoms with van der Waals surface area (Å²) in [5.41, 5.74) is 7.25. The van der Waals surface area contributed by atoms with Crippen molar-refractivity contribution in [2.45, 2.75) is 63.5 Å². The van der Waals surface area contributed by atoms with Crippen molar-refractivity contribution < 1.29 is 24.3 Å². The van der Waals surface area contributed by atoms with Crippen molar-refractivity contribution in [3.8, 4) is 0 Å². The predicted molar refractivity (Wildman–Crippen MR) is 150 cm³/mol. The van der Waals surface area contributed by atoms with Crippen LogP contribution in [0.3, 0.4) is 0 Å². The quantitative estimate of drug-likeness (QED) is 0.159. The fourth-order valence-corrected chi connectivity index (χ4v) is 4.10. The van der Waals surface area contributed by atoms with Gasteiger partial charge in [0, 0.05) is 32.4 Å². The summed E-state index contributed by atoms with van der Waals surface area (Å²) in [6.45, 7) is 0.771. The summed E-state index contributed by atoms with van der Waals surface area (Å²) in [6, 6.07) is 16.9. The molecule has 0 aliphatic heterocycles. The highest BCUT2D eigenvalue weighted by Gasteiger charge is 2.27. The van der Waals surface area contributed by atoms with Gasteiger partial charge in [-0.3, -0.25) is 14.4 Å². The average molecular weight is 540 g/mol. The Morgan fingerprint density at radius 1 is 0.667 bits per heavy atom. The molecule has 0 spiro atoms. The van der Waals surface area contributed by atoms with Crippen LogP contribution in [-0.4, -0.2) is 60.6 Å². The van der Waals surface area contributed by atoms with Crippen LogP contribution in [0, 0.1) is 0 Å². The highest BCUT2D eigenvalue weighted by atomic mass is 16.4. The Morgan fingerprint density at radius 3 is 1.74 bits per heavy atom. The molecule has 212 valence electrons. The first-order chi connectivity index (χ1) is 18.9. The van der Waals surface area contributed by atoms with Gasteiger partial charge in [-0.2, -0.15) is 0 Å². The molecular formula is C29H41N5O5. The Labute approximate surface area is 230 Å². The predicted octanol–water partition coefficient (Wildman–Crippen LogP) is 2.12. The number of unbranched alkanes of at least 4 members (excludes halogenated alkanes) is 4. The van der Waals surface area contributed by atoms with Gasteiger partial charge in [0.25, 0.3) is 0 Å². The molecule has 0 aliphatic carbocycles. The molecule has 2 rings (SSSR count). The lowest BCUT2D eigenvalue weighted by Gasteiger charge is -2.23. The fraction of sp³-hybridized carbons (Fsp3) is 0.448. The lowest BCUT2D eigenvalue weighted by Crippen LogP contribution is -2.55. The molecule has 4 amide bonds. The molecule has 0 aromatic heterocycles. The van der Waals surface area contributed by atoms with Crippen molar-refractivity contribution in [2.75, 3.05) is 19.6 Å². The highest BCUT2D eigenvalue weighted by molar-refractivity contribution is 5.92. The molecular weight excluding hydrogens is 498 g/mol. The van der Waals surface area contributed by atoms with Gasteiger partial charge in [0.05, 0.1) is 0 Å². The van der Waals surface area contributed by atoms with Crippen LogP contribution in [0.15, 0.2) is 60.7 Å². The van der Waals surface area contributed by atoms with E-state index in [1.807, 2.05) is 60.7 Å². The summed E-state index contributed by atoms with van der Waals surface area (Å²) in [6.07, 6.45) is 4.29. The van der Waals surface area contributed by atoms with Crippen molar-refractivity contribution >= 4 is 23.8 Å². The lowest BCUT2D eigenvalue weighted by atomic mass is 10.0. The Bertz CT molecular complexity index is 1020. The van der Waals surface area contributed by atoms with Gasteiger partial charge in [-0.15, -0.1) is 0 Å². The number of carboxylic acid groups (broad SMARTS) is 1. The second kappa shape index (κ2) is 18.4. The van der Waals surface area contributed by atoms with Crippen molar-refractivity contribution in [2.24, 2.45) is 5.73 Å². The summed E-state index contributed by atoms with van der Waals surface area (Å²) in [7, 11) is 0. The maximum atomic E-state index is 13.4. The molecule has 0 aliphatic rings. The van der Waals surface area contributed by atoms with Crippen LogP contribution in [0.25, 0.3) is 0 Å². The zero-order valence-corrected chi connectivity index (χ0v) is 22.4. The van der Waals surface area contributed by atoms with Crippen LogP contribution in [0.5, 0.6) is 0 Å². The maximum Gasteiger partial charge on any atom is 0.404 e. The second-order valence-electron chi connectivity index (χ2n) is 9.39. The third kappa shape index (κ3) is 13.4. The molecule has 2 atom stereocenters. The van der Waals surface area contributed by atoms with E-state index in [4.69, 9.17) is 10.8 Å². The van der Waals surface area contributed by atoms with Gasteiger partial charge in [-0.1, -0.05) is 79.9 Å². The highest BCUT2D eigenvalue weighted by Crippen LogP contribution is 2.09. The van der Waals surface area contributed by atoms with E-state index in [1.165, 1.54) is 0 Å². The van der Waals surface area contributed by atoms with E-state index in [0.717, 1.165) is 43.2 Å². The number of amides is 4. The summed E-state index contributed by atoms with van der Waals surface area (Å²) < 4.78 is 0. The number of hydrogen-bond acceptors (Lipinski definition) is 5. The molecule has 7 N–H and O–H groups in total. The Balaban J connectivity index is 2.07. The minimum atomic E-state index is -1.19. The first kappa shape index (κ1) is 31.3. The van der Waals surface area contributed by atoms with E-state index < -0.39 is 30.0 Å². The number of carbonyl (C=O) groups is 4. The fourth-order valence-electron chi connectivity index (χ4n) is 4.10. The third-order valence-corrected chi connectivity index (χ3v) is 6.16. The van der Waals surface area contributed by atoms with Gasteiger partial charge in [0.15, 0.2) is 0 Å². The molecule has 2 aromatic rings. The van der Waals surface area contributed by atoms with Gasteiger partial charge in [0.1, 0.15) is 12.1 Å². The molecule has 2 aromatic carbocycles. The van der Waals surface area contributed by atoms with E-state index in [-0.39, 0.29) is 31.8 Å². The van der Waals surface area contributed by atoms with Crippen LogP contribution >= 0.6 is 0 Å². The zero-order valence-electron chi connectivity index (χ0n) is 22.4. The topological polar surface area (TPSA) is 163 Å². The number of nitrogens with two attached hydrogens (primary N) is 1. The molecule has 0 heterocycles. The van der Waals surface area contributed by atoms with Crippen molar-refractivity contribution in [3.63, 3.8) is 0 Å². The molecule has 0 fully saturated rings. The molecule has 0 unspecified atom stereocenters. The van der Waals surface area contributed by atoms with Gasteiger partial charge >= 0.3 is 6.09 Å². The zero-order chi connectivity index (χ0) is 28.3. The van der Waals surface area contributed by atoms with E-state index in [2.05, 4.69) is 21.3 Å². The first-order valence-electron chi connectivity index (χ1n) is 13.5. The number of rotatable bonds is 18. The number of nitrogens with one attached hydrogen (secondary N) is 4. The summed E-state index contributed by atoms with van der Waals surface area (Å²) in [5.74, 6) is -1.12. The minimum Gasteiger partial charge on any atom is -0.465 e. The molecule has 10 heteroatoms. The summed E-state index contributed by atoms with van der Waals surface area (Å²) in [5, 5.41) is 19.3. The van der Waals surface area contributed by atoms with Gasteiger partial charge in [-0.25, -0.2) is 4.79 Å². The standard InChI is InChI=1S/C29H41N5O5/c30-17-11-3-1-2-10-16-26(35)33-25(21-23-14-8-5-9-15-23)28(37)34-24(20-22-12-6-4-7-13-22)27(36)31-18-19-32-29(38)39/h4-9,12-15,24-25,32H,1-3,10-11,16-21,30H2,(H,31,36)(H,33,35)(H,34,37)(H,38,39)/t24-,25-/m0/s1. The van der Waals surface area contributed by atoms with Crippen molar-refractivity contribution in [1.29, 1.82) is 0 Å². The molecule has 0 bridgehead atoms. The largest absolute Gasteiger partial charge is 0.465 e. The monoisotopic (exact) mass is 539 g/mol. The third-order valence-electron chi connectivity index (χ3n) is 6.16. The summed E-state index contributed by atoms with van der Waals surface area (Å²) >= 11 is 0. The molecule has 10 nitrogen and oxygen atoms in total. The van der Waals surface area contributed by atoms with E-state index in [0.29, 0.717) is 13.0 Å². The minimum absolute atomic E-state index is 0.0337. The second-order valence-corrected chi connectivity index (χ2v) is 9.39. The van der Waals surface area contributed by atoms with E-state index in [1.54, 1.807) is 0 Å². The van der Waals surface area contributed by atoms with Crippen LogP contribution in [-0.2, 0) is 27.2 Å². The van der Waals surface area contributed by atoms with Gasteiger partial charge in [0.2, 0.25) is 17.7 Å². The van der Waals surface area contributed by atoms with Crippen LogP contribution in [0.1, 0.15) is 49.7 Å². The van der Waals surface area contributed by atoms with Crippen LogP contribution in [0.4, 0.5) is 4.79 Å². The van der Waals surface area contributed by atoms with Crippen molar-refractivity contribution in [3.05, 3.63) is 71.8 Å². The Hall–Kier alpha value is -3.92. The van der Waals surface area contributed by atoms with E-state index >= 15 is 0 Å². The lowest BCUT2D eigenvalue weighted by molar-refractivity contribution is -0.132. The van der Waals surface area contributed by atoms with Crippen LogP contribution in [0.2, 0.25) is 0 Å². The SMILES string of the molecule is NCCCCCCCC(=O)N[C@@H](Cc1ccccc1)C(=O)N[C@@H](Cc1ccccc1)C(=O)NCCNC(=O)O. The van der Waals surface area contributed by atoms with Gasteiger partial charge in [-0.05, 0) is 30.5 Å². The van der Waals surface area contributed by atoms with Crippen molar-refractivity contribution in [1.82, 2.24) is 21.3 Å². The van der Waals surface area contributed by atoms with Crippen LogP contribution < -0.4 is 27.0 Å². The van der Waals surface area contributed by atoms with E-state index in [9.17, 15) is 19.2 Å². The molecule has 0 saturated carbocycles. The first-order valence-corrected chi connectivity index (χ1v) is 13.5.